The Labute approximate surface area is 94.1 Å². The van der Waals surface area contributed by atoms with E-state index >= 15 is 0 Å². The number of Topliss-reactive ketones (excluding diaryl/α,β-unsaturated/α-hetero) is 1. The van der Waals surface area contributed by atoms with Gasteiger partial charge in [-0.25, -0.2) is 4.39 Å². The largest absolute Gasteiger partial charge is 0.505 e. The number of hydrogen-bond donors (Lipinski definition) is 2. The molecule has 3 nitrogen and oxygen atoms in total. The fourth-order valence-corrected chi connectivity index (χ4v) is 1.50. The van der Waals surface area contributed by atoms with E-state index in [4.69, 9.17) is 5.73 Å². The molecule has 0 atom stereocenters. The second-order valence-electron chi connectivity index (χ2n) is 3.77. The first-order valence-electron chi connectivity index (χ1n) is 5.37. The molecule has 0 unspecified atom stereocenters. The Bertz CT molecular complexity index is 391. The summed E-state index contributed by atoms with van der Waals surface area (Å²) < 4.78 is 13.0. The highest BCUT2D eigenvalue weighted by Gasteiger charge is 2.14. The highest BCUT2D eigenvalue weighted by molar-refractivity contribution is 6.00. The first kappa shape index (κ1) is 12.5. The van der Waals surface area contributed by atoms with Crippen LogP contribution in [0.15, 0.2) is 12.1 Å². The lowest BCUT2D eigenvalue weighted by atomic mass is 10.0. The summed E-state index contributed by atoms with van der Waals surface area (Å²) in [5.41, 5.74) is 5.25. The van der Waals surface area contributed by atoms with Crippen LogP contribution in [0.4, 0.5) is 10.1 Å². The maximum Gasteiger partial charge on any atom is 0.166 e. The molecule has 0 saturated heterocycles. The van der Waals surface area contributed by atoms with Gasteiger partial charge >= 0.3 is 0 Å². The monoisotopic (exact) mass is 225 g/mol. The second-order valence-corrected chi connectivity index (χ2v) is 3.77. The molecule has 0 bridgehead atoms. The minimum absolute atomic E-state index is 0.0198. The average Bonchev–Trinajstić information content (AvgIpc) is 2.23. The third-order valence-electron chi connectivity index (χ3n) is 2.41. The van der Waals surface area contributed by atoms with E-state index in [1.165, 1.54) is 0 Å². The Morgan fingerprint density at radius 1 is 1.44 bits per heavy atom. The van der Waals surface area contributed by atoms with E-state index in [0.717, 1.165) is 31.4 Å². The number of rotatable bonds is 5. The molecule has 0 aliphatic carbocycles. The number of nitrogens with two attached hydrogens (primary N) is 1. The van der Waals surface area contributed by atoms with Gasteiger partial charge in [0.1, 0.15) is 11.6 Å². The molecule has 0 aromatic heterocycles. The maximum absolute atomic E-state index is 13.0. The van der Waals surface area contributed by atoms with Crippen molar-refractivity contribution in [3.05, 3.63) is 23.5 Å². The molecule has 3 N–H and O–H groups in total. The summed E-state index contributed by atoms with van der Waals surface area (Å²) in [5, 5.41) is 9.54. The lowest BCUT2D eigenvalue weighted by Crippen LogP contribution is -2.02. The molecule has 88 valence electrons. The van der Waals surface area contributed by atoms with Crippen molar-refractivity contribution in [1.82, 2.24) is 0 Å². The predicted octanol–water partition coefficient (Wildman–Crippen LogP) is 2.88. The Hall–Kier alpha value is -1.58. The van der Waals surface area contributed by atoms with Crippen molar-refractivity contribution in [2.45, 2.75) is 32.6 Å². The number of unbranched alkanes of at least 4 members (excludes halogenated alkanes) is 2. The number of phenols is 1. The molecule has 0 saturated carbocycles. The van der Waals surface area contributed by atoms with Gasteiger partial charge in [0, 0.05) is 12.5 Å². The van der Waals surface area contributed by atoms with Crippen LogP contribution in [0.5, 0.6) is 5.75 Å². The molecule has 1 rings (SSSR count). The van der Waals surface area contributed by atoms with Crippen LogP contribution in [0, 0.1) is 5.82 Å². The number of ketones is 1. The first-order valence-corrected chi connectivity index (χ1v) is 5.37. The molecule has 16 heavy (non-hydrogen) atoms. The van der Waals surface area contributed by atoms with Crippen molar-refractivity contribution >= 4 is 11.5 Å². The van der Waals surface area contributed by atoms with Gasteiger partial charge in [0.15, 0.2) is 5.78 Å². The summed E-state index contributed by atoms with van der Waals surface area (Å²) in [7, 11) is 0. The average molecular weight is 225 g/mol. The molecule has 0 aliphatic heterocycles. The van der Waals surface area contributed by atoms with E-state index in [-0.39, 0.29) is 22.8 Å². The molecule has 1 aromatic carbocycles. The minimum Gasteiger partial charge on any atom is -0.505 e. The lowest BCUT2D eigenvalue weighted by Gasteiger charge is -2.06. The van der Waals surface area contributed by atoms with Gasteiger partial charge in [0.25, 0.3) is 0 Å². The standard InChI is InChI=1S/C12H16FNO2/c1-2-3-4-5-11(15)9-6-8(13)7-10(14)12(9)16/h6-7,16H,2-5,14H2,1H3. The third kappa shape index (κ3) is 2.95. The molecular weight excluding hydrogens is 209 g/mol. The van der Waals surface area contributed by atoms with Crippen LogP contribution in [0.25, 0.3) is 0 Å². The third-order valence-corrected chi connectivity index (χ3v) is 2.41. The molecular formula is C12H16FNO2. The Morgan fingerprint density at radius 2 is 2.12 bits per heavy atom. The lowest BCUT2D eigenvalue weighted by molar-refractivity contribution is 0.0976. The number of halogens is 1. The SMILES string of the molecule is CCCCCC(=O)c1cc(F)cc(N)c1O. The normalized spacial score (nSPS) is 10.4. The summed E-state index contributed by atoms with van der Waals surface area (Å²) in [6.45, 7) is 2.03. The van der Waals surface area contributed by atoms with Gasteiger partial charge in [-0.15, -0.1) is 0 Å². The number of carbonyl (C=O) groups is 1. The smallest absolute Gasteiger partial charge is 0.166 e. The van der Waals surface area contributed by atoms with Crippen molar-refractivity contribution in [2.24, 2.45) is 0 Å². The van der Waals surface area contributed by atoms with E-state index in [2.05, 4.69) is 0 Å². The topological polar surface area (TPSA) is 63.3 Å². The zero-order valence-electron chi connectivity index (χ0n) is 9.29. The number of phenolic OH excluding ortho intramolecular Hbond substituents is 1. The highest BCUT2D eigenvalue weighted by atomic mass is 19.1. The van der Waals surface area contributed by atoms with Gasteiger partial charge in [-0.1, -0.05) is 19.8 Å². The number of anilines is 1. The molecule has 0 radical (unpaired) electrons. The van der Waals surface area contributed by atoms with Crippen molar-refractivity contribution in [3.63, 3.8) is 0 Å². The number of nitrogen functional groups attached to an aromatic ring is 1. The minimum atomic E-state index is -0.603. The van der Waals surface area contributed by atoms with E-state index in [1.54, 1.807) is 0 Å². The second kappa shape index (κ2) is 5.49. The van der Waals surface area contributed by atoms with Gasteiger partial charge in [0.2, 0.25) is 0 Å². The molecule has 0 fully saturated rings. The summed E-state index contributed by atoms with van der Waals surface area (Å²) in [5.74, 6) is -1.19. The van der Waals surface area contributed by atoms with Crippen LogP contribution in [0.3, 0.4) is 0 Å². The first-order chi connectivity index (χ1) is 7.56. The molecule has 1 aromatic rings. The van der Waals surface area contributed by atoms with E-state index < -0.39 is 5.82 Å². The van der Waals surface area contributed by atoms with Crippen molar-refractivity contribution < 1.29 is 14.3 Å². The quantitative estimate of drug-likeness (QED) is 0.350. The van der Waals surface area contributed by atoms with Gasteiger partial charge in [-0.2, -0.15) is 0 Å². The van der Waals surface area contributed by atoms with Crippen molar-refractivity contribution in [2.75, 3.05) is 5.73 Å². The van der Waals surface area contributed by atoms with Crippen LogP contribution < -0.4 is 5.73 Å². The van der Waals surface area contributed by atoms with Crippen LogP contribution in [-0.2, 0) is 0 Å². The van der Waals surface area contributed by atoms with Crippen molar-refractivity contribution in [1.29, 1.82) is 0 Å². The van der Waals surface area contributed by atoms with Gasteiger partial charge in [-0.3, -0.25) is 4.79 Å². The van der Waals surface area contributed by atoms with Crippen molar-refractivity contribution in [3.8, 4) is 5.75 Å². The zero-order valence-corrected chi connectivity index (χ0v) is 9.29. The summed E-state index contributed by atoms with van der Waals surface area (Å²) in [6, 6.07) is 2.03. The van der Waals surface area contributed by atoms with Crippen LogP contribution in [0.1, 0.15) is 43.0 Å². The van der Waals surface area contributed by atoms with Gasteiger partial charge < -0.3 is 10.8 Å². The van der Waals surface area contributed by atoms with E-state index in [1.807, 2.05) is 6.92 Å². The van der Waals surface area contributed by atoms with E-state index in [0.29, 0.717) is 6.42 Å². The van der Waals surface area contributed by atoms with Gasteiger partial charge in [0.05, 0.1) is 11.3 Å². The number of benzene rings is 1. The maximum atomic E-state index is 13.0. The number of aromatic hydroxyl groups is 1. The van der Waals surface area contributed by atoms with E-state index in [9.17, 15) is 14.3 Å². The molecule has 0 spiro atoms. The van der Waals surface area contributed by atoms with Crippen LogP contribution in [-0.4, -0.2) is 10.9 Å². The predicted molar refractivity (Wildman–Crippen MR) is 60.9 cm³/mol. The molecule has 0 aliphatic rings. The summed E-state index contributed by atoms with van der Waals surface area (Å²) in [6.07, 6.45) is 3.00. The Balaban J connectivity index is 2.82. The Kier molecular flexibility index (Phi) is 4.28. The van der Waals surface area contributed by atoms with Crippen LogP contribution in [0.2, 0.25) is 0 Å². The highest BCUT2D eigenvalue weighted by Crippen LogP contribution is 2.27. The molecule has 0 heterocycles. The Morgan fingerprint density at radius 3 is 2.75 bits per heavy atom. The van der Waals surface area contributed by atoms with Gasteiger partial charge in [-0.05, 0) is 12.5 Å². The zero-order chi connectivity index (χ0) is 12.1. The molecule has 4 heteroatoms. The number of carbonyl (C=O) groups excluding carboxylic acids is 1. The summed E-state index contributed by atoms with van der Waals surface area (Å²) in [4.78, 5) is 11.7. The number of hydrogen-bond acceptors (Lipinski definition) is 3. The fourth-order valence-electron chi connectivity index (χ4n) is 1.50. The van der Waals surface area contributed by atoms with Crippen LogP contribution >= 0.6 is 0 Å². The molecule has 0 amide bonds. The summed E-state index contributed by atoms with van der Waals surface area (Å²) >= 11 is 0. The fraction of sp³-hybridized carbons (Fsp3) is 0.417.